The van der Waals surface area contributed by atoms with Crippen LogP contribution < -0.4 is 4.90 Å². The molecule has 100 valence electrons. The minimum atomic E-state index is 0.464. The van der Waals surface area contributed by atoms with Crippen molar-refractivity contribution >= 4 is 61.0 Å². The number of aromatic nitrogens is 2. The van der Waals surface area contributed by atoms with Gasteiger partial charge in [0, 0.05) is 33.4 Å². The number of anilines is 1. The highest BCUT2D eigenvalue weighted by Gasteiger charge is 2.16. The van der Waals surface area contributed by atoms with Crippen LogP contribution in [0.2, 0.25) is 0 Å². The van der Waals surface area contributed by atoms with Crippen molar-refractivity contribution in [3.63, 3.8) is 0 Å². The Labute approximate surface area is 132 Å². The first kappa shape index (κ1) is 13.4. The van der Waals surface area contributed by atoms with Crippen molar-refractivity contribution in [1.82, 2.24) is 9.38 Å². The third-order valence-corrected chi connectivity index (χ3v) is 5.53. The Morgan fingerprint density at radius 1 is 1.47 bits per heavy atom. The molecule has 0 saturated carbocycles. The van der Waals surface area contributed by atoms with E-state index < -0.39 is 0 Å². The van der Waals surface area contributed by atoms with Gasteiger partial charge in [-0.15, -0.1) is 34.3 Å². The van der Waals surface area contributed by atoms with E-state index in [1.165, 1.54) is 4.88 Å². The standard InChI is InChI=1S/C12H11BrClN3S2/c1-16(6-9-4-8(13)7-19-9)11-10(5-14)17-2-3-18-12(17)15-11/h2-4,7H,5-6H2,1H3. The summed E-state index contributed by atoms with van der Waals surface area (Å²) in [6, 6.07) is 2.14. The van der Waals surface area contributed by atoms with Gasteiger partial charge in [-0.3, -0.25) is 4.40 Å². The first-order valence-electron chi connectivity index (χ1n) is 5.63. The summed E-state index contributed by atoms with van der Waals surface area (Å²) in [6.07, 6.45) is 2.02. The van der Waals surface area contributed by atoms with E-state index in [0.717, 1.165) is 27.5 Å². The van der Waals surface area contributed by atoms with Crippen LogP contribution in [0.3, 0.4) is 0 Å². The highest BCUT2D eigenvalue weighted by atomic mass is 79.9. The zero-order valence-electron chi connectivity index (χ0n) is 10.1. The predicted octanol–water partition coefficient (Wildman–Crippen LogP) is 4.60. The summed E-state index contributed by atoms with van der Waals surface area (Å²) < 4.78 is 3.19. The highest BCUT2D eigenvalue weighted by molar-refractivity contribution is 9.10. The molecular formula is C12H11BrClN3S2. The van der Waals surface area contributed by atoms with Gasteiger partial charge in [0.15, 0.2) is 10.8 Å². The third-order valence-electron chi connectivity index (χ3n) is 2.84. The fourth-order valence-corrected chi connectivity index (χ4v) is 4.48. The van der Waals surface area contributed by atoms with Gasteiger partial charge in [-0.05, 0) is 22.0 Å². The molecule has 19 heavy (non-hydrogen) atoms. The van der Waals surface area contributed by atoms with E-state index in [4.69, 9.17) is 11.6 Å². The summed E-state index contributed by atoms with van der Waals surface area (Å²) in [6.45, 7) is 0.838. The summed E-state index contributed by atoms with van der Waals surface area (Å²) in [5.74, 6) is 1.43. The smallest absolute Gasteiger partial charge is 0.195 e. The Bertz CT molecular complexity index is 703. The summed E-state index contributed by atoms with van der Waals surface area (Å²) in [5.41, 5.74) is 1.05. The van der Waals surface area contributed by atoms with Gasteiger partial charge in [0.2, 0.25) is 0 Å². The van der Waals surface area contributed by atoms with Gasteiger partial charge < -0.3 is 4.90 Å². The maximum Gasteiger partial charge on any atom is 0.195 e. The number of thiophene rings is 1. The number of halogens is 2. The van der Waals surface area contributed by atoms with Gasteiger partial charge in [-0.25, -0.2) is 4.98 Å². The van der Waals surface area contributed by atoms with E-state index in [0.29, 0.717) is 5.88 Å². The maximum absolute atomic E-state index is 6.07. The molecule has 0 fully saturated rings. The first-order chi connectivity index (χ1) is 9.19. The summed E-state index contributed by atoms with van der Waals surface area (Å²) in [4.78, 5) is 9.10. The molecule has 3 nitrogen and oxygen atoms in total. The van der Waals surface area contributed by atoms with Crippen LogP contribution in [-0.2, 0) is 12.4 Å². The molecule has 0 aliphatic heterocycles. The second-order valence-corrected chi connectivity index (χ2v) is 7.21. The third kappa shape index (κ3) is 2.54. The quantitative estimate of drug-likeness (QED) is 0.621. The zero-order valence-corrected chi connectivity index (χ0v) is 14.1. The normalized spacial score (nSPS) is 11.3. The molecule has 3 rings (SSSR count). The van der Waals surface area contributed by atoms with Crippen molar-refractivity contribution in [2.45, 2.75) is 12.4 Å². The lowest BCUT2D eigenvalue weighted by molar-refractivity contribution is 0.908. The van der Waals surface area contributed by atoms with Gasteiger partial charge in [0.25, 0.3) is 0 Å². The molecule has 0 amide bonds. The molecule has 0 aliphatic carbocycles. The van der Waals surface area contributed by atoms with Gasteiger partial charge in [0.05, 0.1) is 18.1 Å². The number of hydrogen-bond acceptors (Lipinski definition) is 4. The number of rotatable bonds is 4. The van der Waals surface area contributed by atoms with Crippen molar-refractivity contribution in [1.29, 1.82) is 0 Å². The van der Waals surface area contributed by atoms with Crippen LogP contribution in [0.1, 0.15) is 10.6 Å². The van der Waals surface area contributed by atoms with Gasteiger partial charge in [0.1, 0.15) is 0 Å². The van der Waals surface area contributed by atoms with Gasteiger partial charge in [-0.2, -0.15) is 0 Å². The minimum absolute atomic E-state index is 0.464. The molecule has 3 heterocycles. The van der Waals surface area contributed by atoms with E-state index in [-0.39, 0.29) is 0 Å². The molecule has 3 aromatic rings. The Balaban J connectivity index is 1.92. The van der Waals surface area contributed by atoms with Gasteiger partial charge in [-0.1, -0.05) is 0 Å². The average Bonchev–Trinajstić information content (AvgIpc) is 3.03. The molecule has 7 heteroatoms. The molecule has 3 aromatic heterocycles. The molecule has 0 N–H and O–H groups in total. The van der Waals surface area contributed by atoms with Crippen molar-refractivity contribution in [2.24, 2.45) is 0 Å². The number of hydrogen-bond donors (Lipinski definition) is 0. The topological polar surface area (TPSA) is 20.5 Å². The molecular weight excluding hydrogens is 366 g/mol. The molecule has 0 aromatic carbocycles. The Kier molecular flexibility index (Phi) is 3.84. The SMILES string of the molecule is CN(Cc1cc(Br)cs1)c1nc2sccn2c1CCl. The molecule has 0 bridgehead atoms. The monoisotopic (exact) mass is 375 g/mol. The lowest BCUT2D eigenvalue weighted by atomic mass is 10.4. The number of fused-ring (bicyclic) bond motifs is 1. The first-order valence-corrected chi connectivity index (χ1v) is 8.72. The van der Waals surface area contributed by atoms with E-state index in [9.17, 15) is 0 Å². The Hall–Kier alpha value is -0.560. The largest absolute Gasteiger partial charge is 0.353 e. The fraction of sp³-hybridized carbons (Fsp3) is 0.250. The van der Waals surface area contributed by atoms with Crippen LogP contribution in [0.4, 0.5) is 5.82 Å². The van der Waals surface area contributed by atoms with Crippen LogP contribution in [0.15, 0.2) is 27.5 Å². The molecule has 0 saturated heterocycles. The molecule has 0 unspecified atom stereocenters. The second kappa shape index (κ2) is 5.44. The fourth-order valence-electron chi connectivity index (χ4n) is 2.00. The molecule has 0 radical (unpaired) electrons. The summed E-state index contributed by atoms with van der Waals surface area (Å²) >= 11 is 12.9. The minimum Gasteiger partial charge on any atom is -0.353 e. The number of thiazole rings is 1. The maximum atomic E-state index is 6.07. The molecule has 0 atom stereocenters. The lowest BCUT2D eigenvalue weighted by Gasteiger charge is -2.16. The lowest BCUT2D eigenvalue weighted by Crippen LogP contribution is -2.17. The van der Waals surface area contributed by atoms with Crippen LogP contribution >= 0.6 is 50.2 Å². The van der Waals surface area contributed by atoms with Crippen molar-refractivity contribution in [3.8, 4) is 0 Å². The summed E-state index contributed by atoms with van der Waals surface area (Å²) in [7, 11) is 2.05. The number of imidazole rings is 1. The van der Waals surface area contributed by atoms with Crippen LogP contribution in [0, 0.1) is 0 Å². The highest BCUT2D eigenvalue weighted by Crippen LogP contribution is 2.28. The van der Waals surface area contributed by atoms with Gasteiger partial charge >= 0.3 is 0 Å². The number of alkyl halides is 1. The van der Waals surface area contributed by atoms with Crippen LogP contribution in [0.25, 0.3) is 4.96 Å². The predicted molar refractivity (Wildman–Crippen MR) is 86.8 cm³/mol. The Morgan fingerprint density at radius 3 is 3.00 bits per heavy atom. The zero-order chi connectivity index (χ0) is 13.4. The molecule has 0 spiro atoms. The molecule has 0 aliphatic rings. The van der Waals surface area contributed by atoms with E-state index in [1.54, 1.807) is 22.7 Å². The van der Waals surface area contributed by atoms with E-state index >= 15 is 0 Å². The van der Waals surface area contributed by atoms with Crippen molar-refractivity contribution < 1.29 is 0 Å². The van der Waals surface area contributed by atoms with Crippen molar-refractivity contribution in [3.05, 3.63) is 38.1 Å². The van der Waals surface area contributed by atoms with E-state index in [2.05, 4.69) is 48.7 Å². The second-order valence-electron chi connectivity index (χ2n) is 4.16. The van der Waals surface area contributed by atoms with Crippen molar-refractivity contribution in [2.75, 3.05) is 11.9 Å². The van der Waals surface area contributed by atoms with E-state index in [1.807, 2.05) is 11.6 Å². The average molecular weight is 377 g/mol. The number of nitrogens with zero attached hydrogens (tertiary/aromatic N) is 3. The Morgan fingerprint density at radius 2 is 2.32 bits per heavy atom. The van der Waals surface area contributed by atoms with Crippen LogP contribution in [0.5, 0.6) is 0 Å². The van der Waals surface area contributed by atoms with Crippen LogP contribution in [-0.4, -0.2) is 16.4 Å². The summed E-state index contributed by atoms with van der Waals surface area (Å²) in [5, 5.41) is 4.12.